The molecule has 6 rings (SSSR count). The number of ether oxygens (including phenoxy) is 4. The largest absolute Gasteiger partial charge is 0.497 e. The van der Waals surface area contributed by atoms with E-state index in [1.165, 1.54) is 24.1 Å². The van der Waals surface area contributed by atoms with E-state index in [0.29, 0.717) is 61.4 Å². The van der Waals surface area contributed by atoms with Gasteiger partial charge >= 0.3 is 11.9 Å². The summed E-state index contributed by atoms with van der Waals surface area (Å²) >= 11 is 0. The summed E-state index contributed by atoms with van der Waals surface area (Å²) < 4.78 is 24.7. The molecule has 1 spiro atoms. The normalized spacial score (nSPS) is 23.7. The van der Waals surface area contributed by atoms with Crippen LogP contribution in [0.5, 0.6) is 5.75 Å². The van der Waals surface area contributed by atoms with Gasteiger partial charge in [0.1, 0.15) is 5.75 Å². The van der Waals surface area contributed by atoms with Gasteiger partial charge in [0.05, 0.1) is 46.2 Å². The maximum Gasteiger partial charge on any atom is 0.305 e. The average Bonchev–Trinajstić information content (AvgIpc) is 3.78. The number of amides is 2. The van der Waals surface area contributed by atoms with E-state index in [2.05, 4.69) is 42.5 Å². The van der Waals surface area contributed by atoms with E-state index in [4.69, 9.17) is 18.9 Å². The Kier molecular flexibility index (Phi) is 11.1. The summed E-state index contributed by atoms with van der Waals surface area (Å²) in [5.41, 5.74) is 1.14. The van der Waals surface area contributed by atoms with Gasteiger partial charge < -0.3 is 29.0 Å². The van der Waals surface area contributed by atoms with Crippen LogP contribution in [0.2, 0.25) is 18.6 Å². The van der Waals surface area contributed by atoms with Crippen LogP contribution in [0.4, 0.5) is 11.4 Å². The zero-order valence-electron chi connectivity index (χ0n) is 31.2. The molecule has 2 aromatic carbocycles. The predicted octanol–water partition coefficient (Wildman–Crippen LogP) is 3.44. The van der Waals surface area contributed by atoms with Crippen molar-refractivity contribution in [3.63, 3.8) is 0 Å². The van der Waals surface area contributed by atoms with E-state index in [9.17, 15) is 19.5 Å². The quantitative estimate of drug-likeness (QED) is 0.105. The maximum atomic E-state index is 15.1. The number of aromatic nitrogens is 3. The smallest absolute Gasteiger partial charge is 0.305 e. The van der Waals surface area contributed by atoms with E-state index < -0.39 is 25.9 Å². The summed E-state index contributed by atoms with van der Waals surface area (Å²) in [6.45, 7) is 8.85. The lowest BCUT2D eigenvalue weighted by Crippen LogP contribution is -2.55. The lowest BCUT2D eigenvalue weighted by Gasteiger charge is -2.39. The number of hydrogen-bond acceptors (Lipinski definition) is 11. The first-order valence-corrected chi connectivity index (χ1v) is 21.3. The summed E-state index contributed by atoms with van der Waals surface area (Å²) in [4.78, 5) is 55.0. The average molecular weight is 748 g/mol. The Bertz CT molecular complexity index is 1850. The fourth-order valence-corrected chi connectivity index (χ4v) is 12.6. The van der Waals surface area contributed by atoms with Gasteiger partial charge in [-0.05, 0) is 55.1 Å². The minimum atomic E-state index is -2.44. The molecule has 2 saturated heterocycles. The number of methoxy groups -OCH3 is 2. The molecule has 1 unspecified atom stereocenters. The number of benzene rings is 2. The van der Waals surface area contributed by atoms with Crippen LogP contribution in [0.15, 0.2) is 48.7 Å². The van der Waals surface area contributed by atoms with E-state index in [1.54, 1.807) is 22.8 Å². The minimum Gasteiger partial charge on any atom is -0.497 e. The monoisotopic (exact) mass is 747 g/mol. The Hall–Kier alpha value is -4.60. The number of anilines is 2. The van der Waals surface area contributed by atoms with Crippen LogP contribution in [0.25, 0.3) is 0 Å². The molecule has 3 aliphatic heterocycles. The highest BCUT2D eigenvalue weighted by Gasteiger charge is 2.66. The van der Waals surface area contributed by atoms with Gasteiger partial charge in [0, 0.05) is 62.8 Å². The Morgan fingerprint density at radius 3 is 2.49 bits per heavy atom. The minimum absolute atomic E-state index is 0.0263. The number of esters is 2. The number of hydrogen-bond donors (Lipinski definition) is 1. The Labute approximate surface area is 310 Å². The predicted molar refractivity (Wildman–Crippen MR) is 197 cm³/mol. The van der Waals surface area contributed by atoms with Crippen LogP contribution in [0.1, 0.15) is 57.2 Å². The second kappa shape index (κ2) is 15.4. The van der Waals surface area contributed by atoms with E-state index >= 15 is 4.79 Å². The van der Waals surface area contributed by atoms with Crippen molar-refractivity contribution in [3.05, 3.63) is 59.9 Å². The second-order valence-electron chi connectivity index (χ2n) is 14.6. The molecule has 2 fully saturated rings. The molecular weight excluding hydrogens is 699 g/mol. The number of β-lactam (4-membered cyclic amide) rings is 1. The molecular formula is C38H49N5O9Si. The molecule has 4 heterocycles. The Morgan fingerprint density at radius 2 is 1.83 bits per heavy atom. The first-order valence-electron chi connectivity index (χ1n) is 18.2. The fraction of sp³-hybridized carbons (Fsp3) is 0.526. The van der Waals surface area contributed by atoms with Crippen LogP contribution in [-0.4, -0.2) is 91.6 Å². The molecule has 3 aromatic rings. The van der Waals surface area contributed by atoms with Gasteiger partial charge in [0.15, 0.2) is 11.8 Å². The third kappa shape index (κ3) is 7.09. The van der Waals surface area contributed by atoms with Crippen molar-refractivity contribution in [2.45, 2.75) is 95.5 Å². The van der Waals surface area contributed by atoms with Crippen LogP contribution >= 0.6 is 0 Å². The Morgan fingerprint density at radius 1 is 1.08 bits per heavy atom. The Balaban J connectivity index is 1.42. The number of aliphatic hydroxyl groups is 1. The highest BCUT2D eigenvalue weighted by molar-refractivity contribution is 6.91. The molecule has 0 bridgehead atoms. The number of aliphatic hydroxyl groups excluding tert-OH is 1. The van der Waals surface area contributed by atoms with Crippen molar-refractivity contribution in [3.8, 4) is 5.75 Å². The highest BCUT2D eigenvalue weighted by Crippen LogP contribution is 2.60. The summed E-state index contributed by atoms with van der Waals surface area (Å²) in [5, 5.41) is 19.1. The standard InChI is InChI=1S/C38H49N5O9Si/c1-24-36(53(5,6)29-13-11-28(49-3)12-14-29)32(16-19-41-23-26(17-20-44)39-40-41)52-38(24)30-21-27(43-33(46)22-34(43)51-25(2)45)10-15-31(30)42(37(38)48)18-8-7-9-35(47)50-4/h10-15,21,23-24,32,34,36,44H,7-9,16-20,22H2,1-6H3/t24-,32+,34?,36-,38+/m1/s1. The molecule has 53 heavy (non-hydrogen) atoms. The van der Waals surface area contributed by atoms with Gasteiger partial charge in [0.2, 0.25) is 5.91 Å². The van der Waals surface area contributed by atoms with Gasteiger partial charge in [0.25, 0.3) is 5.91 Å². The summed E-state index contributed by atoms with van der Waals surface area (Å²) in [6.07, 6.45) is 3.10. The van der Waals surface area contributed by atoms with Gasteiger partial charge in [-0.25, -0.2) is 0 Å². The van der Waals surface area contributed by atoms with E-state index in [0.717, 1.165) is 5.75 Å². The molecule has 3 aliphatic rings. The van der Waals surface area contributed by atoms with Crippen LogP contribution < -0.4 is 19.7 Å². The molecule has 1 N–H and O–H groups in total. The van der Waals surface area contributed by atoms with Crippen molar-refractivity contribution < 1.29 is 43.2 Å². The summed E-state index contributed by atoms with van der Waals surface area (Å²) in [6, 6.07) is 13.6. The summed E-state index contributed by atoms with van der Waals surface area (Å²) in [5.74, 6) is -0.698. The number of rotatable bonds is 15. The SMILES string of the molecule is COC(=O)CCCCN1C(=O)[C@@]2(O[C@@H](CCn3cc(CCO)nn3)[C@H]([Si](C)(C)c3ccc(OC)cc3)[C@H]2C)c2cc(N3C(=O)CC3OC(C)=O)ccc21. The summed E-state index contributed by atoms with van der Waals surface area (Å²) in [7, 11) is 0.556. The first-order chi connectivity index (χ1) is 25.3. The molecule has 0 aliphatic carbocycles. The zero-order valence-corrected chi connectivity index (χ0v) is 32.2. The molecule has 14 nitrogen and oxygen atoms in total. The molecule has 0 radical (unpaired) electrons. The van der Waals surface area contributed by atoms with Crippen molar-refractivity contribution in [1.82, 2.24) is 15.0 Å². The number of nitrogens with zero attached hydrogens (tertiary/aromatic N) is 5. The second-order valence-corrected chi connectivity index (χ2v) is 19.3. The van der Waals surface area contributed by atoms with E-state index in [-0.39, 0.29) is 54.8 Å². The maximum absolute atomic E-state index is 15.1. The molecule has 0 saturated carbocycles. The molecule has 15 heteroatoms. The topological polar surface area (TPSA) is 163 Å². The van der Waals surface area contributed by atoms with Crippen molar-refractivity contribution in [1.29, 1.82) is 0 Å². The number of carbonyl (C=O) groups excluding carboxylic acids is 4. The zero-order chi connectivity index (χ0) is 38.1. The number of unbranched alkanes of at least 4 members (excludes halogenated alkanes) is 1. The molecule has 5 atom stereocenters. The number of carbonyl (C=O) groups is 4. The first kappa shape index (κ1) is 38.1. The third-order valence-corrected chi connectivity index (χ3v) is 15.5. The van der Waals surface area contributed by atoms with Crippen LogP contribution in [0, 0.1) is 5.92 Å². The third-order valence-electron chi connectivity index (χ3n) is 11.1. The van der Waals surface area contributed by atoms with Gasteiger partial charge in [-0.3, -0.25) is 28.8 Å². The fourth-order valence-electron chi connectivity index (χ4n) is 8.50. The molecule has 284 valence electrons. The van der Waals surface area contributed by atoms with Crippen LogP contribution in [-0.2, 0) is 52.0 Å². The van der Waals surface area contributed by atoms with Crippen LogP contribution in [0.3, 0.4) is 0 Å². The van der Waals surface area contributed by atoms with Gasteiger partial charge in [-0.1, -0.05) is 42.6 Å². The van der Waals surface area contributed by atoms with Crippen molar-refractivity contribution >= 4 is 48.4 Å². The lowest BCUT2D eigenvalue weighted by molar-refractivity contribution is -0.154. The van der Waals surface area contributed by atoms with Gasteiger partial charge in [-0.15, -0.1) is 5.10 Å². The van der Waals surface area contributed by atoms with Crippen molar-refractivity contribution in [2.24, 2.45) is 5.92 Å². The van der Waals surface area contributed by atoms with Gasteiger partial charge in [-0.2, -0.15) is 0 Å². The van der Waals surface area contributed by atoms with E-state index in [1.807, 2.05) is 30.5 Å². The lowest BCUT2D eigenvalue weighted by atomic mass is 9.82. The number of fused-ring (bicyclic) bond motifs is 2. The number of aryl methyl sites for hydroxylation is 1. The highest BCUT2D eigenvalue weighted by atomic mass is 28.3. The molecule has 2 amide bonds. The van der Waals surface area contributed by atoms with Crippen molar-refractivity contribution in [2.75, 3.05) is 37.2 Å². The molecule has 1 aromatic heterocycles.